The number of anilines is 3. The highest BCUT2D eigenvalue weighted by Gasteiger charge is 2.22. The van der Waals surface area contributed by atoms with Crippen LogP contribution in [0.4, 0.5) is 17.1 Å². The molecule has 3 nitrogen and oxygen atoms in total. The van der Waals surface area contributed by atoms with Gasteiger partial charge in [-0.05, 0) is 89.6 Å². The summed E-state index contributed by atoms with van der Waals surface area (Å²) in [7, 11) is 0. The average molecular weight is 657 g/mol. The van der Waals surface area contributed by atoms with Gasteiger partial charge in [0.1, 0.15) is 11.2 Å². The molecule has 3 heterocycles. The largest absolute Gasteiger partial charge is 0.456 e. The number of thiophene rings is 1. The number of nitrogens with zero attached hydrogens (tertiary/aromatic N) is 2. The number of aromatic nitrogens is 1. The van der Waals surface area contributed by atoms with Gasteiger partial charge >= 0.3 is 0 Å². The smallest absolute Gasteiger partial charge is 0.136 e. The van der Waals surface area contributed by atoms with E-state index in [0.29, 0.717) is 0 Å². The highest BCUT2D eigenvalue weighted by molar-refractivity contribution is 7.25. The third kappa shape index (κ3) is 4.03. The van der Waals surface area contributed by atoms with Gasteiger partial charge in [0.15, 0.2) is 0 Å². The van der Waals surface area contributed by atoms with Crippen LogP contribution in [0, 0.1) is 0 Å². The number of furan rings is 1. The van der Waals surface area contributed by atoms with E-state index in [1.165, 1.54) is 47.4 Å². The SMILES string of the molecule is c1ccc(-n2c3ccccc3c3cccc(N(c4ccc5cc6oc7ccccc7c6cc5c4)c4ccc5sc6ccccc6c5c4)c32)cc1. The molecule has 0 saturated carbocycles. The van der Waals surface area contributed by atoms with Crippen LogP contribution in [0.1, 0.15) is 0 Å². The van der Waals surface area contributed by atoms with Gasteiger partial charge in [0.25, 0.3) is 0 Å². The van der Waals surface area contributed by atoms with E-state index < -0.39 is 0 Å². The fraction of sp³-hybridized carbons (Fsp3) is 0. The van der Waals surface area contributed by atoms with Crippen LogP contribution in [0.25, 0.3) is 80.4 Å². The zero-order chi connectivity index (χ0) is 32.8. The second kappa shape index (κ2) is 10.6. The van der Waals surface area contributed by atoms with E-state index in [1.54, 1.807) is 0 Å². The fourth-order valence-electron chi connectivity index (χ4n) is 7.90. The summed E-state index contributed by atoms with van der Waals surface area (Å²) in [6.45, 7) is 0. The third-order valence-electron chi connectivity index (χ3n) is 10.1. The molecular weight excluding hydrogens is 629 g/mol. The van der Waals surface area contributed by atoms with E-state index in [2.05, 4.69) is 167 Å². The predicted molar refractivity (Wildman–Crippen MR) is 213 cm³/mol. The molecule has 3 aromatic heterocycles. The summed E-state index contributed by atoms with van der Waals surface area (Å²) in [6.07, 6.45) is 0. The zero-order valence-corrected chi connectivity index (χ0v) is 27.7. The van der Waals surface area contributed by atoms with Gasteiger partial charge in [-0.15, -0.1) is 11.3 Å². The van der Waals surface area contributed by atoms with Crippen molar-refractivity contribution < 1.29 is 4.42 Å². The monoisotopic (exact) mass is 656 g/mol. The maximum absolute atomic E-state index is 6.27. The molecule has 234 valence electrons. The second-order valence-corrected chi connectivity index (χ2v) is 14.0. The maximum atomic E-state index is 6.27. The summed E-state index contributed by atoms with van der Waals surface area (Å²) < 4.78 is 11.3. The lowest BCUT2D eigenvalue weighted by Crippen LogP contribution is -2.11. The number of hydrogen-bond donors (Lipinski definition) is 0. The van der Waals surface area contributed by atoms with Crippen molar-refractivity contribution in [1.29, 1.82) is 0 Å². The Morgan fingerprint density at radius 2 is 1.16 bits per heavy atom. The lowest BCUT2D eigenvalue weighted by Gasteiger charge is -2.27. The third-order valence-corrected chi connectivity index (χ3v) is 11.3. The molecule has 0 saturated heterocycles. The topological polar surface area (TPSA) is 21.3 Å². The van der Waals surface area contributed by atoms with Crippen LogP contribution >= 0.6 is 11.3 Å². The summed E-state index contributed by atoms with van der Waals surface area (Å²) in [6, 6.07) is 61.5. The van der Waals surface area contributed by atoms with Crippen molar-refractivity contribution in [3.8, 4) is 5.69 Å². The molecule has 4 heteroatoms. The summed E-state index contributed by atoms with van der Waals surface area (Å²) >= 11 is 1.85. The number of para-hydroxylation sites is 4. The van der Waals surface area contributed by atoms with Crippen LogP contribution in [0.15, 0.2) is 174 Å². The molecule has 0 bridgehead atoms. The van der Waals surface area contributed by atoms with Crippen molar-refractivity contribution in [3.05, 3.63) is 170 Å². The van der Waals surface area contributed by atoms with Gasteiger partial charge in [-0.1, -0.05) is 91.0 Å². The number of benzene rings is 8. The molecule has 0 spiro atoms. The Labute approximate surface area is 291 Å². The molecular formula is C46H28N2OS. The van der Waals surface area contributed by atoms with Crippen molar-refractivity contribution in [2.24, 2.45) is 0 Å². The molecule has 8 aromatic carbocycles. The molecule has 11 aromatic rings. The van der Waals surface area contributed by atoms with Crippen molar-refractivity contribution in [2.45, 2.75) is 0 Å². The number of fused-ring (bicyclic) bond motifs is 10. The fourth-order valence-corrected chi connectivity index (χ4v) is 8.99. The number of rotatable bonds is 4. The normalized spacial score (nSPS) is 12.0. The first kappa shape index (κ1) is 27.6. The maximum Gasteiger partial charge on any atom is 0.136 e. The Morgan fingerprint density at radius 1 is 0.440 bits per heavy atom. The first-order valence-electron chi connectivity index (χ1n) is 16.9. The highest BCUT2D eigenvalue weighted by Crippen LogP contribution is 2.46. The van der Waals surface area contributed by atoms with Gasteiger partial charge in [0.2, 0.25) is 0 Å². The van der Waals surface area contributed by atoms with Crippen molar-refractivity contribution in [3.63, 3.8) is 0 Å². The van der Waals surface area contributed by atoms with Gasteiger partial charge in [0.05, 0.1) is 16.7 Å². The molecule has 0 unspecified atom stereocenters. The Bertz CT molecular complexity index is 3110. The molecule has 50 heavy (non-hydrogen) atoms. The van der Waals surface area contributed by atoms with E-state index >= 15 is 0 Å². The van der Waals surface area contributed by atoms with E-state index in [9.17, 15) is 0 Å². The molecule has 11 rings (SSSR count). The van der Waals surface area contributed by atoms with Crippen LogP contribution in [0.5, 0.6) is 0 Å². The van der Waals surface area contributed by atoms with Gasteiger partial charge in [0, 0.05) is 58.8 Å². The lowest BCUT2D eigenvalue weighted by atomic mass is 10.0. The van der Waals surface area contributed by atoms with E-state index in [1.807, 2.05) is 23.5 Å². The Balaban J connectivity index is 1.23. The van der Waals surface area contributed by atoms with Gasteiger partial charge in [-0.2, -0.15) is 0 Å². The van der Waals surface area contributed by atoms with Crippen LogP contribution in [0.3, 0.4) is 0 Å². The lowest BCUT2D eigenvalue weighted by molar-refractivity contribution is 0.669. The number of hydrogen-bond acceptors (Lipinski definition) is 3. The van der Waals surface area contributed by atoms with Crippen LogP contribution in [0.2, 0.25) is 0 Å². The van der Waals surface area contributed by atoms with E-state index in [0.717, 1.165) is 50.1 Å². The van der Waals surface area contributed by atoms with Crippen LogP contribution in [-0.2, 0) is 0 Å². The standard InChI is InChI=1S/C46H28N2OS/c1-2-11-31(12-3-1)48-40-17-7-4-13-34(40)37-16-10-18-41(46(37)48)47(33-23-24-45-39(28-33)36-15-6-9-20-44(36)50-45)32-22-21-29-27-43-38(26-30(29)25-32)35-14-5-8-19-42(35)49-43/h1-28H. The molecule has 0 radical (unpaired) electrons. The summed E-state index contributed by atoms with van der Waals surface area (Å²) in [4.78, 5) is 2.45. The van der Waals surface area contributed by atoms with E-state index in [-0.39, 0.29) is 0 Å². The van der Waals surface area contributed by atoms with Crippen molar-refractivity contribution >= 4 is 103 Å². The van der Waals surface area contributed by atoms with Gasteiger partial charge in [-0.3, -0.25) is 0 Å². The van der Waals surface area contributed by atoms with Crippen LogP contribution < -0.4 is 4.90 Å². The highest BCUT2D eigenvalue weighted by atomic mass is 32.1. The first-order chi connectivity index (χ1) is 24.8. The molecule has 0 fully saturated rings. The first-order valence-corrected chi connectivity index (χ1v) is 17.7. The molecule has 0 aliphatic heterocycles. The molecule has 0 N–H and O–H groups in total. The molecule has 0 atom stereocenters. The zero-order valence-electron chi connectivity index (χ0n) is 26.9. The van der Waals surface area contributed by atoms with Crippen LogP contribution in [-0.4, -0.2) is 4.57 Å². The molecule has 0 aliphatic rings. The summed E-state index contributed by atoms with van der Waals surface area (Å²) in [5, 5.41) is 9.62. The Kier molecular flexibility index (Phi) is 5.83. The minimum absolute atomic E-state index is 0.912. The van der Waals surface area contributed by atoms with Crippen molar-refractivity contribution in [1.82, 2.24) is 4.57 Å². The Morgan fingerprint density at radius 3 is 2.08 bits per heavy atom. The van der Waals surface area contributed by atoms with Gasteiger partial charge < -0.3 is 13.9 Å². The summed E-state index contributed by atoms with van der Waals surface area (Å²) in [5.41, 5.74) is 8.66. The summed E-state index contributed by atoms with van der Waals surface area (Å²) in [5.74, 6) is 0. The predicted octanol–water partition coefficient (Wildman–Crippen LogP) is 13.7. The Hall–Kier alpha value is -6.36. The average Bonchev–Trinajstić information content (AvgIpc) is 3.84. The quantitative estimate of drug-likeness (QED) is 0.188. The second-order valence-electron chi connectivity index (χ2n) is 13.0. The minimum Gasteiger partial charge on any atom is -0.456 e. The van der Waals surface area contributed by atoms with Gasteiger partial charge in [-0.25, -0.2) is 0 Å². The molecule has 0 amide bonds. The van der Waals surface area contributed by atoms with Crippen molar-refractivity contribution in [2.75, 3.05) is 4.90 Å². The van der Waals surface area contributed by atoms with E-state index in [4.69, 9.17) is 4.42 Å². The minimum atomic E-state index is 0.912. The molecule has 0 aliphatic carbocycles.